The fourth-order valence-electron chi connectivity index (χ4n) is 1.56. The number of rotatable bonds is 7. The van der Waals surface area contributed by atoms with Crippen LogP contribution in [0, 0.1) is 5.92 Å². The van der Waals surface area contributed by atoms with Gasteiger partial charge in [0, 0.05) is 6.08 Å². The van der Waals surface area contributed by atoms with Crippen LogP contribution in [0.25, 0.3) is 6.08 Å². The van der Waals surface area contributed by atoms with Gasteiger partial charge < -0.3 is 9.84 Å². The number of carbonyl (C=O) groups is 1. The van der Waals surface area contributed by atoms with Crippen LogP contribution >= 0.6 is 0 Å². The Morgan fingerprint density at radius 2 is 2.22 bits per heavy atom. The second-order valence-corrected chi connectivity index (χ2v) is 4.63. The van der Waals surface area contributed by atoms with Crippen molar-refractivity contribution in [3.63, 3.8) is 0 Å². The minimum atomic E-state index is -0.946. The van der Waals surface area contributed by atoms with Crippen molar-refractivity contribution in [3.8, 4) is 5.75 Å². The van der Waals surface area contributed by atoms with E-state index in [1.54, 1.807) is 6.08 Å². The monoisotopic (exact) mass is 248 g/mol. The van der Waals surface area contributed by atoms with Crippen molar-refractivity contribution in [1.29, 1.82) is 0 Å². The highest BCUT2D eigenvalue weighted by molar-refractivity contribution is 5.85. The molecule has 0 atom stereocenters. The molecule has 0 saturated carbocycles. The van der Waals surface area contributed by atoms with Gasteiger partial charge in [0.1, 0.15) is 5.75 Å². The number of carboxylic acids is 1. The summed E-state index contributed by atoms with van der Waals surface area (Å²) >= 11 is 0. The molecule has 18 heavy (non-hydrogen) atoms. The standard InChI is InChI=1S/C15H20O3/c1-12(2)5-4-10-18-14-7-3-6-13(11-14)8-9-15(16)17/h3,6-9,11-12H,4-5,10H2,1-2H3,(H,16,17)/b9-8+. The molecule has 0 unspecified atom stereocenters. The SMILES string of the molecule is CC(C)CCCOc1cccc(/C=C/C(=O)O)c1. The Kier molecular flexibility index (Phi) is 5.98. The minimum absolute atomic E-state index is 0.693. The number of aliphatic carboxylic acids is 1. The van der Waals surface area contributed by atoms with Crippen LogP contribution in [0.15, 0.2) is 30.3 Å². The molecule has 0 radical (unpaired) electrons. The lowest BCUT2D eigenvalue weighted by Crippen LogP contribution is -1.99. The van der Waals surface area contributed by atoms with Gasteiger partial charge in [0.25, 0.3) is 0 Å². The second kappa shape index (κ2) is 7.54. The zero-order valence-corrected chi connectivity index (χ0v) is 10.9. The van der Waals surface area contributed by atoms with Crippen molar-refractivity contribution in [3.05, 3.63) is 35.9 Å². The van der Waals surface area contributed by atoms with Gasteiger partial charge in [0.05, 0.1) is 6.61 Å². The molecule has 0 aliphatic heterocycles. The van der Waals surface area contributed by atoms with Gasteiger partial charge in [0.2, 0.25) is 0 Å². The van der Waals surface area contributed by atoms with Gasteiger partial charge in [-0.15, -0.1) is 0 Å². The molecule has 1 aromatic carbocycles. The fraction of sp³-hybridized carbons (Fsp3) is 0.400. The third-order valence-corrected chi connectivity index (χ3v) is 2.47. The predicted molar refractivity (Wildman–Crippen MR) is 72.7 cm³/mol. The highest BCUT2D eigenvalue weighted by Gasteiger charge is 1.97. The van der Waals surface area contributed by atoms with Gasteiger partial charge >= 0.3 is 5.97 Å². The van der Waals surface area contributed by atoms with Gasteiger partial charge in [-0.25, -0.2) is 4.79 Å². The molecule has 0 spiro atoms. The van der Waals surface area contributed by atoms with Crippen LogP contribution < -0.4 is 4.74 Å². The molecule has 0 aliphatic carbocycles. The van der Waals surface area contributed by atoms with E-state index in [9.17, 15) is 4.79 Å². The van der Waals surface area contributed by atoms with Crippen LogP contribution in [0.5, 0.6) is 5.75 Å². The Morgan fingerprint density at radius 3 is 2.89 bits per heavy atom. The van der Waals surface area contributed by atoms with Gasteiger partial charge in [-0.3, -0.25) is 0 Å². The normalized spacial score (nSPS) is 11.1. The largest absolute Gasteiger partial charge is 0.494 e. The first-order chi connectivity index (χ1) is 8.58. The van der Waals surface area contributed by atoms with E-state index in [0.717, 1.165) is 30.2 Å². The van der Waals surface area contributed by atoms with Crippen molar-refractivity contribution < 1.29 is 14.6 Å². The first kappa shape index (κ1) is 14.3. The zero-order valence-electron chi connectivity index (χ0n) is 10.9. The highest BCUT2D eigenvalue weighted by Crippen LogP contribution is 2.15. The Hall–Kier alpha value is -1.77. The molecule has 1 rings (SSSR count). The van der Waals surface area contributed by atoms with Crippen LogP contribution in [0.4, 0.5) is 0 Å². The van der Waals surface area contributed by atoms with Crippen molar-refractivity contribution in [2.45, 2.75) is 26.7 Å². The summed E-state index contributed by atoms with van der Waals surface area (Å²) in [5.74, 6) is 0.531. The molecule has 1 N–H and O–H groups in total. The van der Waals surface area contributed by atoms with E-state index in [0.29, 0.717) is 12.5 Å². The van der Waals surface area contributed by atoms with Gasteiger partial charge in [0.15, 0.2) is 0 Å². The molecule has 98 valence electrons. The minimum Gasteiger partial charge on any atom is -0.494 e. The van der Waals surface area contributed by atoms with Crippen molar-refractivity contribution in [2.24, 2.45) is 5.92 Å². The average Bonchev–Trinajstić information content (AvgIpc) is 2.32. The van der Waals surface area contributed by atoms with E-state index in [1.807, 2.05) is 24.3 Å². The second-order valence-electron chi connectivity index (χ2n) is 4.63. The quantitative estimate of drug-likeness (QED) is 0.592. The molecule has 0 aliphatic rings. The predicted octanol–water partition coefficient (Wildman–Crippen LogP) is 3.60. The summed E-state index contributed by atoms with van der Waals surface area (Å²) in [4.78, 5) is 10.4. The van der Waals surface area contributed by atoms with Crippen LogP contribution in [0.3, 0.4) is 0 Å². The average molecular weight is 248 g/mol. The third-order valence-electron chi connectivity index (χ3n) is 2.47. The molecule has 3 nitrogen and oxygen atoms in total. The smallest absolute Gasteiger partial charge is 0.328 e. The Labute approximate surface area is 108 Å². The molecule has 0 fully saturated rings. The maximum absolute atomic E-state index is 10.4. The topological polar surface area (TPSA) is 46.5 Å². The summed E-state index contributed by atoms with van der Waals surface area (Å²) in [6, 6.07) is 7.43. The summed E-state index contributed by atoms with van der Waals surface area (Å²) in [7, 11) is 0. The maximum atomic E-state index is 10.4. The summed E-state index contributed by atoms with van der Waals surface area (Å²) in [6.45, 7) is 5.08. The molecule has 0 bridgehead atoms. The van der Waals surface area contributed by atoms with Crippen LogP contribution in [0.1, 0.15) is 32.3 Å². The molecule has 0 saturated heterocycles. The lowest BCUT2D eigenvalue weighted by Gasteiger charge is -2.08. The Bertz CT molecular complexity index is 408. The molecule has 0 amide bonds. The summed E-state index contributed by atoms with van der Waals surface area (Å²) < 4.78 is 5.62. The summed E-state index contributed by atoms with van der Waals surface area (Å²) in [5, 5.41) is 8.55. The third kappa shape index (κ3) is 6.09. The van der Waals surface area contributed by atoms with Crippen LogP contribution in [0.2, 0.25) is 0 Å². The van der Waals surface area contributed by atoms with Gasteiger partial charge in [-0.1, -0.05) is 26.0 Å². The van der Waals surface area contributed by atoms with E-state index in [1.165, 1.54) is 0 Å². The molecule has 0 heterocycles. The molecule has 3 heteroatoms. The van der Waals surface area contributed by atoms with Gasteiger partial charge in [-0.2, -0.15) is 0 Å². The van der Waals surface area contributed by atoms with Gasteiger partial charge in [-0.05, 0) is 42.5 Å². The van der Waals surface area contributed by atoms with Crippen molar-refractivity contribution in [1.82, 2.24) is 0 Å². The number of hydrogen-bond acceptors (Lipinski definition) is 2. The maximum Gasteiger partial charge on any atom is 0.328 e. The fourth-order valence-corrected chi connectivity index (χ4v) is 1.56. The van der Waals surface area contributed by atoms with E-state index < -0.39 is 5.97 Å². The van der Waals surface area contributed by atoms with E-state index in [4.69, 9.17) is 9.84 Å². The first-order valence-electron chi connectivity index (χ1n) is 6.22. The number of ether oxygens (including phenoxy) is 1. The lowest BCUT2D eigenvalue weighted by atomic mass is 10.1. The van der Waals surface area contributed by atoms with E-state index in [-0.39, 0.29) is 0 Å². The Balaban J connectivity index is 2.47. The number of carboxylic acid groups (broad SMARTS) is 1. The number of benzene rings is 1. The molecular formula is C15H20O3. The molecule has 0 aromatic heterocycles. The first-order valence-corrected chi connectivity index (χ1v) is 6.22. The zero-order chi connectivity index (χ0) is 13.4. The van der Waals surface area contributed by atoms with Crippen molar-refractivity contribution in [2.75, 3.05) is 6.61 Å². The lowest BCUT2D eigenvalue weighted by molar-refractivity contribution is -0.131. The van der Waals surface area contributed by atoms with E-state index in [2.05, 4.69) is 13.8 Å². The highest BCUT2D eigenvalue weighted by atomic mass is 16.5. The van der Waals surface area contributed by atoms with Crippen LogP contribution in [-0.4, -0.2) is 17.7 Å². The van der Waals surface area contributed by atoms with Crippen molar-refractivity contribution >= 4 is 12.0 Å². The molecular weight excluding hydrogens is 228 g/mol. The summed E-state index contributed by atoms with van der Waals surface area (Å²) in [5.41, 5.74) is 0.832. The summed E-state index contributed by atoms with van der Waals surface area (Å²) in [6.07, 6.45) is 4.87. The van der Waals surface area contributed by atoms with Crippen LogP contribution in [-0.2, 0) is 4.79 Å². The number of hydrogen-bond donors (Lipinski definition) is 1. The van der Waals surface area contributed by atoms with E-state index >= 15 is 0 Å². The Morgan fingerprint density at radius 1 is 1.44 bits per heavy atom. The molecule has 1 aromatic rings.